The van der Waals surface area contributed by atoms with Gasteiger partial charge < -0.3 is 5.32 Å². The number of para-hydroxylation sites is 1. The van der Waals surface area contributed by atoms with Gasteiger partial charge in [0.05, 0.1) is 5.69 Å². The highest BCUT2D eigenvalue weighted by Crippen LogP contribution is 2.43. The Morgan fingerprint density at radius 2 is 2.12 bits per heavy atom. The van der Waals surface area contributed by atoms with Crippen molar-refractivity contribution in [3.8, 4) is 11.1 Å². The molecule has 0 unspecified atom stereocenters. The van der Waals surface area contributed by atoms with Gasteiger partial charge in [-0.2, -0.15) is 5.10 Å². The summed E-state index contributed by atoms with van der Waals surface area (Å²) in [6.45, 7) is 2.07. The summed E-state index contributed by atoms with van der Waals surface area (Å²) in [7, 11) is 1.96. The molecule has 1 aliphatic carbocycles. The number of fused-ring (bicyclic) bond motifs is 2. The molecule has 1 aromatic carbocycles. The SMILES string of the molecule is C[C@@H]1CC(=O)Cc2cccc(-c3cnc4c(c3)c(C3CC3)nn4C)c2N1. The summed E-state index contributed by atoms with van der Waals surface area (Å²) in [5, 5.41) is 9.41. The molecular formula is C21H22N4O. The molecule has 5 nitrogen and oxygen atoms in total. The highest BCUT2D eigenvalue weighted by Gasteiger charge is 2.29. The zero-order valence-corrected chi connectivity index (χ0v) is 15.1. The van der Waals surface area contributed by atoms with Crippen molar-refractivity contribution >= 4 is 22.5 Å². The molecule has 3 aromatic rings. The van der Waals surface area contributed by atoms with E-state index in [9.17, 15) is 4.79 Å². The lowest BCUT2D eigenvalue weighted by atomic mass is 9.98. The Bertz CT molecular complexity index is 1030. The second-order valence-corrected chi connectivity index (χ2v) is 7.68. The summed E-state index contributed by atoms with van der Waals surface area (Å²) in [5.41, 5.74) is 6.46. The van der Waals surface area contributed by atoms with E-state index in [1.807, 2.05) is 30.1 Å². The molecule has 0 saturated heterocycles. The Hall–Kier alpha value is -2.69. The van der Waals surface area contributed by atoms with Crippen LogP contribution in [0.2, 0.25) is 0 Å². The van der Waals surface area contributed by atoms with E-state index in [0.29, 0.717) is 18.8 Å². The molecule has 1 fully saturated rings. The van der Waals surface area contributed by atoms with Crippen molar-refractivity contribution in [2.45, 2.75) is 44.6 Å². The molecule has 0 bridgehead atoms. The fourth-order valence-corrected chi connectivity index (χ4v) is 4.05. The van der Waals surface area contributed by atoms with Gasteiger partial charge in [-0.15, -0.1) is 0 Å². The van der Waals surface area contributed by atoms with Crippen molar-refractivity contribution in [1.29, 1.82) is 0 Å². The Kier molecular flexibility index (Phi) is 3.39. The Balaban J connectivity index is 1.68. The van der Waals surface area contributed by atoms with E-state index in [1.165, 1.54) is 18.5 Å². The van der Waals surface area contributed by atoms with Crippen LogP contribution in [0.15, 0.2) is 30.5 Å². The number of pyridine rings is 1. The van der Waals surface area contributed by atoms with Crippen molar-refractivity contribution in [2.24, 2.45) is 7.05 Å². The molecule has 0 amide bonds. The van der Waals surface area contributed by atoms with E-state index >= 15 is 0 Å². The largest absolute Gasteiger partial charge is 0.381 e. The molecule has 0 radical (unpaired) electrons. The van der Waals surface area contributed by atoms with Gasteiger partial charge in [0.1, 0.15) is 5.78 Å². The van der Waals surface area contributed by atoms with Crippen molar-refractivity contribution < 1.29 is 4.79 Å². The summed E-state index contributed by atoms with van der Waals surface area (Å²) >= 11 is 0. The Morgan fingerprint density at radius 1 is 1.27 bits per heavy atom. The first kappa shape index (κ1) is 15.6. The van der Waals surface area contributed by atoms with Crippen LogP contribution < -0.4 is 5.32 Å². The molecule has 132 valence electrons. The molecule has 1 atom stereocenters. The molecule has 2 aliphatic rings. The molecule has 1 aliphatic heterocycles. The fraction of sp³-hybridized carbons (Fsp3) is 0.381. The third-order valence-corrected chi connectivity index (χ3v) is 5.44. The zero-order valence-electron chi connectivity index (χ0n) is 15.1. The summed E-state index contributed by atoms with van der Waals surface area (Å²) in [6, 6.07) is 8.56. The van der Waals surface area contributed by atoms with Crippen molar-refractivity contribution in [1.82, 2.24) is 14.8 Å². The van der Waals surface area contributed by atoms with Gasteiger partial charge in [0.15, 0.2) is 5.65 Å². The molecule has 2 aromatic heterocycles. The van der Waals surface area contributed by atoms with Crippen LogP contribution in [-0.4, -0.2) is 26.6 Å². The summed E-state index contributed by atoms with van der Waals surface area (Å²) < 4.78 is 1.89. The fourth-order valence-electron chi connectivity index (χ4n) is 4.05. The summed E-state index contributed by atoms with van der Waals surface area (Å²) in [6.07, 6.45) is 5.43. The van der Waals surface area contributed by atoms with Gasteiger partial charge in [-0.05, 0) is 31.4 Å². The third-order valence-electron chi connectivity index (χ3n) is 5.44. The maximum Gasteiger partial charge on any atom is 0.157 e. The molecule has 3 heterocycles. The number of aromatic nitrogens is 3. The van der Waals surface area contributed by atoms with Crippen LogP contribution >= 0.6 is 0 Å². The Morgan fingerprint density at radius 3 is 2.92 bits per heavy atom. The number of carbonyl (C=O) groups is 1. The average Bonchev–Trinajstić information content (AvgIpc) is 3.41. The van der Waals surface area contributed by atoms with Crippen LogP contribution in [0, 0.1) is 0 Å². The third kappa shape index (κ3) is 2.50. The predicted octanol–water partition coefficient (Wildman–Crippen LogP) is 3.83. The van der Waals surface area contributed by atoms with E-state index in [-0.39, 0.29) is 11.8 Å². The smallest absolute Gasteiger partial charge is 0.157 e. The second-order valence-electron chi connectivity index (χ2n) is 7.68. The average molecular weight is 346 g/mol. The standard InChI is InChI=1S/C21H22N4O/c1-12-8-16(26)9-14-4-3-5-17(19(14)23-12)15-10-18-20(13-6-7-13)24-25(2)21(18)22-11-15/h3-5,10-13,23H,6-9H2,1-2H3/t12-/m1/s1. The summed E-state index contributed by atoms with van der Waals surface area (Å²) in [5.74, 6) is 0.872. The van der Waals surface area contributed by atoms with E-state index in [1.54, 1.807) is 0 Å². The van der Waals surface area contributed by atoms with Crippen LogP contribution in [0.4, 0.5) is 5.69 Å². The van der Waals surface area contributed by atoms with E-state index < -0.39 is 0 Å². The van der Waals surface area contributed by atoms with E-state index in [0.717, 1.165) is 33.4 Å². The number of ketones is 1. The molecule has 0 spiro atoms. The minimum absolute atomic E-state index is 0.141. The number of rotatable bonds is 2. The van der Waals surface area contributed by atoms with E-state index in [2.05, 4.69) is 24.4 Å². The minimum Gasteiger partial charge on any atom is -0.381 e. The highest BCUT2D eigenvalue weighted by atomic mass is 16.1. The van der Waals surface area contributed by atoms with Gasteiger partial charge in [-0.25, -0.2) is 4.98 Å². The number of Topliss-reactive ketones (excluding diaryl/α,β-unsaturated/α-hetero) is 1. The lowest BCUT2D eigenvalue weighted by molar-refractivity contribution is -0.118. The van der Waals surface area contributed by atoms with Crippen LogP contribution in [0.3, 0.4) is 0 Å². The molecular weight excluding hydrogens is 324 g/mol. The number of nitrogens with zero attached hydrogens (tertiary/aromatic N) is 3. The second kappa shape index (κ2) is 5.66. The van der Waals surface area contributed by atoms with E-state index in [4.69, 9.17) is 10.1 Å². The van der Waals surface area contributed by atoms with Gasteiger partial charge in [-0.1, -0.05) is 18.2 Å². The number of nitrogens with one attached hydrogen (secondary N) is 1. The molecule has 5 rings (SSSR count). The Labute approximate surface area is 152 Å². The molecule has 1 N–H and O–H groups in total. The maximum atomic E-state index is 12.1. The van der Waals surface area contributed by atoms with Crippen LogP contribution in [0.5, 0.6) is 0 Å². The van der Waals surface area contributed by atoms with Crippen LogP contribution in [-0.2, 0) is 18.3 Å². The molecule has 5 heteroatoms. The number of benzene rings is 1. The first-order chi connectivity index (χ1) is 12.6. The monoisotopic (exact) mass is 346 g/mol. The summed E-state index contributed by atoms with van der Waals surface area (Å²) in [4.78, 5) is 16.8. The lowest BCUT2D eigenvalue weighted by Gasteiger charge is -2.17. The zero-order chi connectivity index (χ0) is 17.8. The number of aryl methyl sites for hydroxylation is 1. The highest BCUT2D eigenvalue weighted by molar-refractivity contribution is 5.92. The number of anilines is 1. The lowest BCUT2D eigenvalue weighted by Crippen LogP contribution is -2.17. The van der Waals surface area contributed by atoms with Gasteiger partial charge in [0.2, 0.25) is 0 Å². The number of hydrogen-bond acceptors (Lipinski definition) is 4. The van der Waals surface area contributed by atoms with Crippen molar-refractivity contribution in [3.05, 3.63) is 41.7 Å². The van der Waals surface area contributed by atoms with Gasteiger partial charge in [0.25, 0.3) is 0 Å². The minimum atomic E-state index is 0.141. The quantitative estimate of drug-likeness (QED) is 0.766. The first-order valence-electron chi connectivity index (χ1n) is 9.33. The first-order valence-corrected chi connectivity index (χ1v) is 9.33. The molecule has 1 saturated carbocycles. The number of hydrogen-bond donors (Lipinski definition) is 1. The predicted molar refractivity (Wildman–Crippen MR) is 102 cm³/mol. The van der Waals surface area contributed by atoms with Gasteiger partial charge in [-0.3, -0.25) is 9.48 Å². The topological polar surface area (TPSA) is 59.8 Å². The molecule has 26 heavy (non-hydrogen) atoms. The van der Waals surface area contributed by atoms with Crippen molar-refractivity contribution in [3.63, 3.8) is 0 Å². The van der Waals surface area contributed by atoms with Crippen LogP contribution in [0.25, 0.3) is 22.2 Å². The van der Waals surface area contributed by atoms with Gasteiger partial charge >= 0.3 is 0 Å². The normalized spacial score (nSPS) is 19.9. The number of carbonyl (C=O) groups excluding carboxylic acids is 1. The van der Waals surface area contributed by atoms with Gasteiger partial charge in [0, 0.05) is 60.2 Å². The van der Waals surface area contributed by atoms with Crippen LogP contribution in [0.1, 0.15) is 43.4 Å². The maximum absolute atomic E-state index is 12.1. The van der Waals surface area contributed by atoms with Crippen molar-refractivity contribution in [2.75, 3.05) is 5.32 Å².